The largest absolute Gasteiger partial charge is 0.370 e. The number of hydrogen-bond acceptors (Lipinski definition) is 4. The fourth-order valence-corrected chi connectivity index (χ4v) is 2.65. The first-order valence-electron chi connectivity index (χ1n) is 7.15. The summed E-state index contributed by atoms with van der Waals surface area (Å²) in [6, 6.07) is 7.16. The number of amides is 1. The van der Waals surface area contributed by atoms with Gasteiger partial charge in [0.05, 0.1) is 13.2 Å². The molecular formula is C15H17ClN4O2. The molecular weight excluding hydrogens is 304 g/mol. The number of benzene rings is 1. The Morgan fingerprint density at radius 3 is 2.86 bits per heavy atom. The third-order valence-corrected chi connectivity index (χ3v) is 4.06. The molecule has 0 N–H and O–H groups in total. The van der Waals surface area contributed by atoms with Gasteiger partial charge < -0.3 is 9.64 Å². The van der Waals surface area contributed by atoms with Gasteiger partial charge in [0.25, 0.3) is 0 Å². The minimum absolute atomic E-state index is 0.0211. The van der Waals surface area contributed by atoms with Crippen molar-refractivity contribution in [2.75, 3.05) is 19.7 Å². The van der Waals surface area contributed by atoms with Crippen LogP contribution in [0.1, 0.15) is 24.6 Å². The molecule has 0 saturated carbocycles. The summed E-state index contributed by atoms with van der Waals surface area (Å²) in [6.07, 6.45) is 2.86. The van der Waals surface area contributed by atoms with Crippen molar-refractivity contribution < 1.29 is 9.53 Å². The molecule has 7 heteroatoms. The molecule has 2 atom stereocenters. The lowest BCUT2D eigenvalue weighted by Gasteiger charge is -2.34. The van der Waals surface area contributed by atoms with E-state index >= 15 is 0 Å². The van der Waals surface area contributed by atoms with E-state index in [0.717, 1.165) is 5.56 Å². The van der Waals surface area contributed by atoms with Gasteiger partial charge in [-0.1, -0.05) is 23.7 Å². The summed E-state index contributed by atoms with van der Waals surface area (Å²) in [6.45, 7) is 3.45. The van der Waals surface area contributed by atoms with Gasteiger partial charge in [0, 0.05) is 11.6 Å². The highest BCUT2D eigenvalue weighted by atomic mass is 35.5. The molecule has 0 radical (unpaired) electrons. The van der Waals surface area contributed by atoms with Crippen LogP contribution in [-0.4, -0.2) is 45.3 Å². The second kappa shape index (κ2) is 6.46. The average molecular weight is 321 g/mol. The van der Waals surface area contributed by atoms with Gasteiger partial charge in [-0.25, -0.2) is 9.67 Å². The minimum Gasteiger partial charge on any atom is -0.370 e. The molecule has 1 aliphatic heterocycles. The van der Waals surface area contributed by atoms with Gasteiger partial charge in [-0.05, 0) is 24.6 Å². The fourth-order valence-electron chi connectivity index (χ4n) is 2.52. The Labute approximate surface area is 133 Å². The van der Waals surface area contributed by atoms with Gasteiger partial charge in [0.15, 0.2) is 0 Å². The van der Waals surface area contributed by atoms with Crippen molar-refractivity contribution in [3.05, 3.63) is 47.5 Å². The molecule has 0 bridgehead atoms. The quantitative estimate of drug-likeness (QED) is 0.869. The molecule has 1 amide bonds. The molecule has 1 aromatic heterocycles. The van der Waals surface area contributed by atoms with E-state index in [-0.39, 0.29) is 18.1 Å². The normalized spacial score (nSPS) is 19.9. The van der Waals surface area contributed by atoms with Gasteiger partial charge in [-0.2, -0.15) is 5.10 Å². The van der Waals surface area contributed by atoms with E-state index in [1.807, 2.05) is 36.1 Å². The summed E-state index contributed by atoms with van der Waals surface area (Å²) in [7, 11) is 0. The van der Waals surface area contributed by atoms with Crippen LogP contribution in [-0.2, 0) is 9.53 Å². The van der Waals surface area contributed by atoms with Crippen molar-refractivity contribution in [1.29, 1.82) is 0 Å². The highest BCUT2D eigenvalue weighted by molar-refractivity contribution is 6.30. The second-order valence-electron chi connectivity index (χ2n) is 5.25. The number of halogens is 1. The molecule has 0 spiro atoms. The van der Waals surface area contributed by atoms with E-state index < -0.39 is 0 Å². The van der Waals surface area contributed by atoms with Gasteiger partial charge in [-0.3, -0.25) is 4.79 Å². The number of ether oxygens (including phenoxy) is 1. The Balaban J connectivity index is 1.70. The van der Waals surface area contributed by atoms with E-state index in [1.165, 1.54) is 6.33 Å². The molecule has 0 aliphatic carbocycles. The van der Waals surface area contributed by atoms with Crippen LogP contribution in [0.15, 0.2) is 36.9 Å². The lowest BCUT2D eigenvalue weighted by Crippen LogP contribution is -2.45. The van der Waals surface area contributed by atoms with Crippen LogP contribution in [0.25, 0.3) is 0 Å². The number of hydrogen-bond donors (Lipinski definition) is 0. The van der Waals surface area contributed by atoms with E-state index in [9.17, 15) is 4.79 Å². The zero-order valence-electron chi connectivity index (χ0n) is 12.2. The number of nitrogens with zero attached hydrogens (tertiary/aromatic N) is 4. The second-order valence-corrected chi connectivity index (χ2v) is 5.68. The summed E-state index contributed by atoms with van der Waals surface area (Å²) in [5.74, 6) is 0.0211. The van der Waals surface area contributed by atoms with Crippen molar-refractivity contribution >= 4 is 17.5 Å². The van der Waals surface area contributed by atoms with Crippen LogP contribution in [0.3, 0.4) is 0 Å². The van der Waals surface area contributed by atoms with Crippen LogP contribution in [0.2, 0.25) is 5.02 Å². The number of carbonyl (C=O) groups excluding carboxylic acids is 1. The summed E-state index contributed by atoms with van der Waals surface area (Å²) >= 11 is 5.91. The topological polar surface area (TPSA) is 60.2 Å². The molecule has 0 unspecified atom stereocenters. The van der Waals surface area contributed by atoms with Gasteiger partial charge >= 0.3 is 0 Å². The van der Waals surface area contributed by atoms with Crippen LogP contribution < -0.4 is 0 Å². The van der Waals surface area contributed by atoms with E-state index in [2.05, 4.69) is 10.1 Å². The molecule has 1 fully saturated rings. The van der Waals surface area contributed by atoms with Crippen molar-refractivity contribution in [2.24, 2.45) is 0 Å². The van der Waals surface area contributed by atoms with Crippen molar-refractivity contribution in [3.63, 3.8) is 0 Å². The summed E-state index contributed by atoms with van der Waals surface area (Å²) in [4.78, 5) is 18.3. The van der Waals surface area contributed by atoms with Crippen molar-refractivity contribution in [1.82, 2.24) is 19.7 Å². The van der Waals surface area contributed by atoms with Crippen LogP contribution in [0, 0.1) is 0 Å². The Morgan fingerprint density at radius 1 is 1.41 bits per heavy atom. The van der Waals surface area contributed by atoms with E-state index in [1.54, 1.807) is 11.0 Å². The highest BCUT2D eigenvalue weighted by Crippen LogP contribution is 2.25. The monoisotopic (exact) mass is 320 g/mol. The standard InChI is InChI=1S/C15H17ClN4O2/c1-11(20-10-17-9-18-20)15(21)19-6-7-22-14(8-19)12-2-4-13(16)5-3-12/h2-5,9-11,14H,6-8H2,1H3/t11-,14-/m1/s1. The molecule has 1 aliphatic rings. The van der Waals surface area contributed by atoms with Crippen LogP contribution >= 0.6 is 11.6 Å². The Bertz CT molecular complexity index is 630. The van der Waals surface area contributed by atoms with Crippen LogP contribution in [0.4, 0.5) is 0 Å². The number of morpholine rings is 1. The predicted octanol–water partition coefficient (Wildman–Crippen LogP) is 2.09. The van der Waals surface area contributed by atoms with Crippen LogP contribution in [0.5, 0.6) is 0 Å². The maximum Gasteiger partial charge on any atom is 0.247 e. The molecule has 3 rings (SSSR count). The van der Waals surface area contributed by atoms with Gasteiger partial charge in [0.2, 0.25) is 5.91 Å². The number of rotatable bonds is 3. The van der Waals surface area contributed by atoms with Crippen molar-refractivity contribution in [3.8, 4) is 0 Å². The molecule has 116 valence electrons. The van der Waals surface area contributed by atoms with Gasteiger partial charge in [0.1, 0.15) is 24.8 Å². The maximum absolute atomic E-state index is 12.6. The highest BCUT2D eigenvalue weighted by Gasteiger charge is 2.29. The Hall–Kier alpha value is -1.92. The molecule has 6 nitrogen and oxygen atoms in total. The van der Waals surface area contributed by atoms with E-state index in [4.69, 9.17) is 16.3 Å². The lowest BCUT2D eigenvalue weighted by atomic mass is 10.1. The average Bonchev–Trinajstić information content (AvgIpc) is 3.09. The fraction of sp³-hybridized carbons (Fsp3) is 0.400. The predicted molar refractivity (Wildman–Crippen MR) is 81.5 cm³/mol. The SMILES string of the molecule is C[C@H](C(=O)N1CCO[C@@H](c2ccc(Cl)cc2)C1)n1cncn1. The lowest BCUT2D eigenvalue weighted by molar-refractivity contribution is -0.142. The first kappa shape index (κ1) is 15.0. The zero-order valence-corrected chi connectivity index (χ0v) is 13.0. The summed E-state index contributed by atoms with van der Waals surface area (Å²) in [5, 5.41) is 4.72. The van der Waals surface area contributed by atoms with E-state index in [0.29, 0.717) is 24.7 Å². The molecule has 2 heterocycles. The third-order valence-electron chi connectivity index (χ3n) is 3.81. The molecule has 1 saturated heterocycles. The minimum atomic E-state index is -0.369. The molecule has 1 aromatic carbocycles. The van der Waals surface area contributed by atoms with Gasteiger partial charge in [-0.15, -0.1) is 0 Å². The number of carbonyl (C=O) groups is 1. The first-order chi connectivity index (χ1) is 10.6. The molecule has 2 aromatic rings. The number of aromatic nitrogens is 3. The smallest absolute Gasteiger partial charge is 0.247 e. The molecule has 22 heavy (non-hydrogen) atoms. The summed E-state index contributed by atoms with van der Waals surface area (Å²) in [5.41, 5.74) is 1.02. The third kappa shape index (κ3) is 3.13. The maximum atomic E-state index is 12.6. The Morgan fingerprint density at radius 2 is 2.18 bits per heavy atom. The Kier molecular flexibility index (Phi) is 4.40. The van der Waals surface area contributed by atoms with Crippen molar-refractivity contribution in [2.45, 2.75) is 19.1 Å². The zero-order chi connectivity index (χ0) is 15.5. The summed E-state index contributed by atoms with van der Waals surface area (Å²) < 4.78 is 7.35. The first-order valence-corrected chi connectivity index (χ1v) is 7.53.